The van der Waals surface area contributed by atoms with Crippen LogP contribution in [0.15, 0.2) is 24.3 Å². The average molecular weight is 237 g/mol. The van der Waals surface area contributed by atoms with E-state index in [-0.39, 0.29) is 11.9 Å². The minimum Gasteiger partial charge on any atom is -0.497 e. The standard InChI is InChI=1S/C13H19NO3/c1-10(15)14-12(9-16-2)8-11-4-6-13(17-3)7-5-11/h4-7,12H,8-9H2,1-3H3,(H,14,15)/t12-/m0/s1. The first kappa shape index (κ1) is 13.5. The molecular weight excluding hydrogens is 218 g/mol. The van der Waals surface area contributed by atoms with Crippen molar-refractivity contribution in [1.82, 2.24) is 5.32 Å². The van der Waals surface area contributed by atoms with Crippen LogP contribution in [0.2, 0.25) is 0 Å². The zero-order chi connectivity index (χ0) is 12.7. The molecule has 0 unspecified atom stereocenters. The third-order valence-electron chi connectivity index (χ3n) is 2.42. The summed E-state index contributed by atoms with van der Waals surface area (Å²) >= 11 is 0. The number of methoxy groups -OCH3 is 2. The van der Waals surface area contributed by atoms with Crippen molar-refractivity contribution in [1.29, 1.82) is 0 Å². The molecule has 0 aliphatic carbocycles. The summed E-state index contributed by atoms with van der Waals surface area (Å²) in [7, 11) is 3.27. The van der Waals surface area contributed by atoms with Gasteiger partial charge in [-0.2, -0.15) is 0 Å². The first-order chi connectivity index (χ1) is 8.15. The highest BCUT2D eigenvalue weighted by Crippen LogP contribution is 2.12. The van der Waals surface area contributed by atoms with Crippen molar-refractivity contribution in [2.45, 2.75) is 19.4 Å². The number of carbonyl (C=O) groups is 1. The summed E-state index contributed by atoms with van der Waals surface area (Å²) in [6, 6.07) is 7.80. The monoisotopic (exact) mass is 237 g/mol. The second kappa shape index (κ2) is 6.91. The molecule has 1 atom stereocenters. The van der Waals surface area contributed by atoms with E-state index in [4.69, 9.17) is 9.47 Å². The van der Waals surface area contributed by atoms with Crippen molar-refractivity contribution < 1.29 is 14.3 Å². The first-order valence-corrected chi connectivity index (χ1v) is 5.54. The smallest absolute Gasteiger partial charge is 0.217 e. The molecule has 0 aromatic heterocycles. The molecule has 0 aliphatic rings. The van der Waals surface area contributed by atoms with E-state index in [1.165, 1.54) is 6.92 Å². The molecule has 0 fully saturated rings. The fourth-order valence-corrected chi connectivity index (χ4v) is 1.69. The number of rotatable bonds is 6. The Kier molecular flexibility index (Phi) is 5.49. The quantitative estimate of drug-likeness (QED) is 0.813. The van der Waals surface area contributed by atoms with Gasteiger partial charge in [-0.15, -0.1) is 0 Å². The molecule has 4 nitrogen and oxygen atoms in total. The Bertz CT molecular complexity index is 348. The zero-order valence-electron chi connectivity index (χ0n) is 10.5. The molecule has 1 N–H and O–H groups in total. The molecule has 0 bridgehead atoms. The average Bonchev–Trinajstić information content (AvgIpc) is 2.29. The molecule has 4 heteroatoms. The van der Waals surface area contributed by atoms with Crippen LogP contribution in [0.5, 0.6) is 5.75 Å². The summed E-state index contributed by atoms with van der Waals surface area (Å²) in [6.07, 6.45) is 0.747. The van der Waals surface area contributed by atoms with Gasteiger partial charge in [-0.05, 0) is 24.1 Å². The van der Waals surface area contributed by atoms with Gasteiger partial charge >= 0.3 is 0 Å². The van der Waals surface area contributed by atoms with E-state index < -0.39 is 0 Å². The van der Waals surface area contributed by atoms with Gasteiger partial charge in [-0.3, -0.25) is 4.79 Å². The summed E-state index contributed by atoms with van der Waals surface area (Å²) in [5.41, 5.74) is 1.14. The van der Waals surface area contributed by atoms with Crippen LogP contribution < -0.4 is 10.1 Å². The van der Waals surface area contributed by atoms with Crippen molar-refractivity contribution in [2.75, 3.05) is 20.8 Å². The molecule has 0 aliphatic heterocycles. The molecule has 17 heavy (non-hydrogen) atoms. The molecular formula is C13H19NO3. The summed E-state index contributed by atoms with van der Waals surface area (Å²) in [4.78, 5) is 11.0. The minimum absolute atomic E-state index is 0.00546. The van der Waals surface area contributed by atoms with Crippen LogP contribution in [-0.4, -0.2) is 32.8 Å². The Morgan fingerprint density at radius 1 is 1.29 bits per heavy atom. The van der Waals surface area contributed by atoms with E-state index in [0.29, 0.717) is 6.61 Å². The van der Waals surface area contributed by atoms with Crippen molar-refractivity contribution in [3.63, 3.8) is 0 Å². The van der Waals surface area contributed by atoms with Crippen LogP contribution in [0.1, 0.15) is 12.5 Å². The number of benzene rings is 1. The van der Waals surface area contributed by atoms with Gasteiger partial charge in [0, 0.05) is 14.0 Å². The summed E-state index contributed by atoms with van der Waals surface area (Å²) in [5.74, 6) is 0.789. The maximum Gasteiger partial charge on any atom is 0.217 e. The fourth-order valence-electron chi connectivity index (χ4n) is 1.69. The molecule has 1 aromatic rings. The lowest BCUT2D eigenvalue weighted by molar-refractivity contribution is -0.120. The molecule has 0 saturated carbocycles. The maximum atomic E-state index is 11.0. The number of hydrogen-bond acceptors (Lipinski definition) is 3. The molecule has 0 heterocycles. The van der Waals surface area contributed by atoms with Gasteiger partial charge in [-0.1, -0.05) is 12.1 Å². The predicted molar refractivity (Wildman–Crippen MR) is 66.2 cm³/mol. The molecule has 1 rings (SSSR count). The maximum absolute atomic E-state index is 11.0. The Morgan fingerprint density at radius 2 is 1.94 bits per heavy atom. The van der Waals surface area contributed by atoms with Crippen LogP contribution in [0.25, 0.3) is 0 Å². The van der Waals surface area contributed by atoms with Gasteiger partial charge in [0.05, 0.1) is 19.8 Å². The number of amides is 1. The normalized spacial score (nSPS) is 11.9. The van der Waals surface area contributed by atoms with Gasteiger partial charge in [0.1, 0.15) is 5.75 Å². The van der Waals surface area contributed by atoms with Gasteiger partial charge in [-0.25, -0.2) is 0 Å². The number of nitrogens with one attached hydrogen (secondary N) is 1. The van der Waals surface area contributed by atoms with Crippen molar-refractivity contribution >= 4 is 5.91 Å². The SMILES string of the molecule is COC[C@H](Cc1ccc(OC)cc1)NC(C)=O. The number of carbonyl (C=O) groups excluding carboxylic acids is 1. The number of ether oxygens (including phenoxy) is 2. The third kappa shape index (κ3) is 4.87. The van der Waals surface area contributed by atoms with E-state index in [2.05, 4.69) is 5.32 Å². The first-order valence-electron chi connectivity index (χ1n) is 5.54. The van der Waals surface area contributed by atoms with Gasteiger partial charge in [0.25, 0.3) is 0 Å². The molecule has 94 valence electrons. The van der Waals surface area contributed by atoms with E-state index in [9.17, 15) is 4.79 Å². The molecule has 0 spiro atoms. The lowest BCUT2D eigenvalue weighted by Gasteiger charge is -2.17. The van der Waals surface area contributed by atoms with Crippen LogP contribution >= 0.6 is 0 Å². The van der Waals surface area contributed by atoms with Crippen LogP contribution in [0.4, 0.5) is 0 Å². The Balaban J connectivity index is 2.61. The van der Waals surface area contributed by atoms with Gasteiger partial charge in [0.15, 0.2) is 0 Å². The second-order valence-electron chi connectivity index (χ2n) is 3.90. The lowest BCUT2D eigenvalue weighted by Crippen LogP contribution is -2.38. The van der Waals surface area contributed by atoms with E-state index >= 15 is 0 Å². The zero-order valence-corrected chi connectivity index (χ0v) is 10.5. The van der Waals surface area contributed by atoms with Crippen molar-refractivity contribution in [3.05, 3.63) is 29.8 Å². The summed E-state index contributed by atoms with van der Waals surface area (Å²) in [6.45, 7) is 2.02. The highest BCUT2D eigenvalue weighted by atomic mass is 16.5. The van der Waals surface area contributed by atoms with Crippen LogP contribution in [0, 0.1) is 0 Å². The fraction of sp³-hybridized carbons (Fsp3) is 0.462. The largest absolute Gasteiger partial charge is 0.497 e. The molecule has 0 saturated heterocycles. The van der Waals surface area contributed by atoms with E-state index in [1.54, 1.807) is 14.2 Å². The second-order valence-corrected chi connectivity index (χ2v) is 3.90. The van der Waals surface area contributed by atoms with Crippen LogP contribution in [-0.2, 0) is 16.0 Å². The van der Waals surface area contributed by atoms with E-state index in [0.717, 1.165) is 17.7 Å². The Labute approximate surface area is 102 Å². The van der Waals surface area contributed by atoms with Crippen molar-refractivity contribution in [3.8, 4) is 5.75 Å². The molecule has 1 aromatic carbocycles. The number of hydrogen-bond donors (Lipinski definition) is 1. The summed E-state index contributed by atoms with van der Waals surface area (Å²) in [5, 5.41) is 2.86. The Hall–Kier alpha value is -1.55. The highest BCUT2D eigenvalue weighted by Gasteiger charge is 2.10. The van der Waals surface area contributed by atoms with Gasteiger partial charge in [0.2, 0.25) is 5.91 Å². The van der Waals surface area contributed by atoms with Gasteiger partial charge < -0.3 is 14.8 Å². The highest BCUT2D eigenvalue weighted by molar-refractivity contribution is 5.73. The predicted octanol–water partition coefficient (Wildman–Crippen LogP) is 1.39. The topological polar surface area (TPSA) is 47.6 Å². The summed E-state index contributed by atoms with van der Waals surface area (Å²) < 4.78 is 10.2. The molecule has 0 radical (unpaired) electrons. The van der Waals surface area contributed by atoms with E-state index in [1.807, 2.05) is 24.3 Å². The van der Waals surface area contributed by atoms with Crippen molar-refractivity contribution in [2.24, 2.45) is 0 Å². The third-order valence-corrected chi connectivity index (χ3v) is 2.42. The molecule has 1 amide bonds. The minimum atomic E-state index is -0.0411. The lowest BCUT2D eigenvalue weighted by atomic mass is 10.1. The van der Waals surface area contributed by atoms with Crippen LogP contribution in [0.3, 0.4) is 0 Å². The Morgan fingerprint density at radius 3 is 2.41 bits per heavy atom.